The fourth-order valence-electron chi connectivity index (χ4n) is 2.42. The van der Waals surface area contributed by atoms with Crippen molar-refractivity contribution < 1.29 is 0 Å². The van der Waals surface area contributed by atoms with Gasteiger partial charge in [-0.05, 0) is 43.6 Å². The van der Waals surface area contributed by atoms with E-state index < -0.39 is 0 Å². The summed E-state index contributed by atoms with van der Waals surface area (Å²) in [4.78, 5) is 0. The molecule has 3 rings (SSSR count). The third-order valence-electron chi connectivity index (χ3n) is 3.19. The molecule has 0 saturated carbocycles. The number of rotatable bonds is 0. The minimum absolute atomic E-state index is 0.996. The zero-order chi connectivity index (χ0) is 10.3. The Labute approximate surface area is 94.1 Å². The van der Waals surface area contributed by atoms with Crippen LogP contribution < -0.4 is 0 Å². The summed E-state index contributed by atoms with van der Waals surface area (Å²) in [6.07, 6.45) is 3.81. The second-order valence-electron chi connectivity index (χ2n) is 4.14. The molecule has 2 nitrogen and oxygen atoms in total. The predicted octanol–water partition coefficient (Wildman–Crippen LogP) is 3.36. The van der Waals surface area contributed by atoms with Crippen LogP contribution in [0.25, 0.3) is 11.0 Å². The highest BCUT2D eigenvalue weighted by molar-refractivity contribution is 7.71. The Morgan fingerprint density at radius 3 is 1.93 bits per heavy atom. The minimum Gasteiger partial charge on any atom is -0.317 e. The van der Waals surface area contributed by atoms with Crippen molar-refractivity contribution in [2.24, 2.45) is 0 Å². The fourth-order valence-corrected chi connectivity index (χ4v) is 2.80. The molecule has 1 aromatic heterocycles. The number of aromatic nitrogens is 2. The van der Waals surface area contributed by atoms with Gasteiger partial charge in [0.05, 0.1) is 11.0 Å². The van der Waals surface area contributed by atoms with Gasteiger partial charge in [-0.15, -0.1) is 0 Å². The van der Waals surface area contributed by atoms with Gasteiger partial charge in [-0.2, -0.15) is 0 Å². The van der Waals surface area contributed by atoms with E-state index in [0.717, 1.165) is 17.9 Å². The number of benzene rings is 1. The molecule has 0 atom stereocenters. The molecule has 0 aliphatic carbocycles. The zero-order valence-electron chi connectivity index (χ0n) is 8.65. The largest absolute Gasteiger partial charge is 0.317 e. The number of hydrogen-bond acceptors (Lipinski definition) is 1. The first-order chi connectivity index (χ1) is 7.38. The summed E-state index contributed by atoms with van der Waals surface area (Å²) >= 11 is 5.52. The van der Waals surface area contributed by atoms with Crippen LogP contribution in [0.15, 0.2) is 24.3 Å². The van der Waals surface area contributed by atoms with E-state index in [1.807, 2.05) is 0 Å². The van der Waals surface area contributed by atoms with Crippen molar-refractivity contribution in [1.82, 2.24) is 9.13 Å². The van der Waals surface area contributed by atoms with E-state index >= 15 is 0 Å². The Kier molecular flexibility index (Phi) is 2.13. The first kappa shape index (κ1) is 9.16. The Bertz CT molecular complexity index is 504. The second-order valence-corrected chi connectivity index (χ2v) is 4.50. The first-order valence-corrected chi connectivity index (χ1v) is 5.97. The third-order valence-corrected chi connectivity index (χ3v) is 3.63. The lowest BCUT2D eigenvalue weighted by molar-refractivity contribution is 0.513. The van der Waals surface area contributed by atoms with Gasteiger partial charge in [0, 0.05) is 13.1 Å². The Hall–Kier alpha value is -1.09. The van der Waals surface area contributed by atoms with Gasteiger partial charge >= 0.3 is 0 Å². The van der Waals surface area contributed by atoms with E-state index in [1.54, 1.807) is 0 Å². The molecule has 0 amide bonds. The van der Waals surface area contributed by atoms with Gasteiger partial charge in [-0.25, -0.2) is 0 Å². The molecule has 3 heteroatoms. The topological polar surface area (TPSA) is 9.86 Å². The predicted molar refractivity (Wildman–Crippen MR) is 64.6 cm³/mol. The monoisotopic (exact) mass is 218 g/mol. The Morgan fingerprint density at radius 2 is 1.40 bits per heavy atom. The number of imidazole rings is 1. The minimum atomic E-state index is 0.996. The maximum absolute atomic E-state index is 5.52. The average molecular weight is 218 g/mol. The number of hydrogen-bond donors (Lipinski definition) is 0. The van der Waals surface area contributed by atoms with E-state index in [2.05, 4.69) is 33.4 Å². The lowest BCUT2D eigenvalue weighted by atomic mass is 10.2. The van der Waals surface area contributed by atoms with Crippen molar-refractivity contribution in [3.05, 3.63) is 29.0 Å². The maximum atomic E-state index is 5.52. The molecule has 15 heavy (non-hydrogen) atoms. The molecule has 1 aliphatic heterocycles. The molecule has 1 aliphatic rings. The van der Waals surface area contributed by atoms with E-state index in [1.165, 1.54) is 30.3 Å². The summed E-state index contributed by atoms with van der Waals surface area (Å²) in [7, 11) is 0. The molecule has 2 heterocycles. The van der Waals surface area contributed by atoms with E-state index in [0.29, 0.717) is 0 Å². The van der Waals surface area contributed by atoms with Gasteiger partial charge in [0.1, 0.15) is 0 Å². The van der Waals surface area contributed by atoms with Crippen molar-refractivity contribution in [2.75, 3.05) is 0 Å². The average Bonchev–Trinajstić information content (AvgIpc) is 2.55. The van der Waals surface area contributed by atoms with Crippen molar-refractivity contribution >= 4 is 23.3 Å². The van der Waals surface area contributed by atoms with Crippen molar-refractivity contribution in [2.45, 2.75) is 32.4 Å². The molecule has 2 bridgehead atoms. The van der Waals surface area contributed by atoms with Crippen LogP contribution in [0.3, 0.4) is 0 Å². The summed E-state index contributed by atoms with van der Waals surface area (Å²) in [5, 5.41) is 0. The van der Waals surface area contributed by atoms with Crippen LogP contribution in [-0.4, -0.2) is 9.13 Å². The van der Waals surface area contributed by atoms with Crippen LogP contribution in [-0.2, 0) is 13.1 Å². The Balaban J connectivity index is 2.40. The van der Waals surface area contributed by atoms with Crippen LogP contribution in [0.1, 0.15) is 19.3 Å². The van der Waals surface area contributed by atoms with Crippen molar-refractivity contribution in [1.29, 1.82) is 0 Å². The summed E-state index contributed by atoms with van der Waals surface area (Å²) in [5.41, 5.74) is 2.59. The molecule has 0 N–H and O–H groups in total. The third kappa shape index (κ3) is 1.34. The smallest absolute Gasteiger partial charge is 0.180 e. The molecule has 0 unspecified atom stereocenters. The zero-order valence-corrected chi connectivity index (χ0v) is 9.46. The highest BCUT2D eigenvalue weighted by Crippen LogP contribution is 2.21. The standard InChI is InChI=1S/C12H14N2S/c15-12-13-8-4-1-5-9-14(12)11-7-3-2-6-10(11)13/h2-3,6-7H,1,4-5,8-9H2. The Morgan fingerprint density at radius 1 is 0.867 bits per heavy atom. The molecular weight excluding hydrogens is 204 g/mol. The van der Waals surface area contributed by atoms with Gasteiger partial charge in [-0.3, -0.25) is 0 Å². The highest BCUT2D eigenvalue weighted by atomic mass is 32.1. The number of aryl methyl sites for hydroxylation is 2. The van der Waals surface area contributed by atoms with E-state index in [-0.39, 0.29) is 0 Å². The molecule has 78 valence electrons. The van der Waals surface area contributed by atoms with Crippen molar-refractivity contribution in [3.63, 3.8) is 0 Å². The van der Waals surface area contributed by atoms with Crippen LogP contribution >= 0.6 is 12.2 Å². The number of nitrogens with zero attached hydrogens (tertiary/aromatic N) is 2. The molecular formula is C12H14N2S. The fraction of sp³-hybridized carbons (Fsp3) is 0.417. The quantitative estimate of drug-likeness (QED) is 0.616. The first-order valence-electron chi connectivity index (χ1n) is 5.56. The second kappa shape index (κ2) is 3.49. The van der Waals surface area contributed by atoms with E-state index in [9.17, 15) is 0 Å². The van der Waals surface area contributed by atoms with Gasteiger partial charge in [0.15, 0.2) is 4.77 Å². The van der Waals surface area contributed by atoms with Crippen LogP contribution in [0, 0.1) is 4.77 Å². The van der Waals surface area contributed by atoms with Gasteiger partial charge < -0.3 is 9.13 Å². The van der Waals surface area contributed by atoms with Crippen molar-refractivity contribution in [3.8, 4) is 0 Å². The van der Waals surface area contributed by atoms with Gasteiger partial charge in [-0.1, -0.05) is 12.1 Å². The van der Waals surface area contributed by atoms with Gasteiger partial charge in [0.25, 0.3) is 0 Å². The summed E-state index contributed by atoms with van der Waals surface area (Å²) in [6, 6.07) is 8.53. The van der Waals surface area contributed by atoms with Crippen LogP contribution in [0.2, 0.25) is 0 Å². The SMILES string of the molecule is S=c1n2c3ccccc3n1CCCCC2. The lowest BCUT2D eigenvalue weighted by Crippen LogP contribution is -2.05. The lowest BCUT2D eigenvalue weighted by Gasteiger charge is -2.08. The summed E-state index contributed by atoms with van der Waals surface area (Å²) in [5.74, 6) is 0. The normalized spacial score (nSPS) is 16.3. The number of para-hydroxylation sites is 2. The van der Waals surface area contributed by atoms with E-state index in [4.69, 9.17) is 12.2 Å². The molecule has 1 aromatic carbocycles. The molecule has 2 aromatic rings. The summed E-state index contributed by atoms with van der Waals surface area (Å²) in [6.45, 7) is 2.15. The molecule has 0 fully saturated rings. The molecule has 0 spiro atoms. The molecule has 0 saturated heterocycles. The maximum Gasteiger partial charge on any atom is 0.180 e. The summed E-state index contributed by atoms with van der Waals surface area (Å²) < 4.78 is 5.56. The van der Waals surface area contributed by atoms with Gasteiger partial charge in [0.2, 0.25) is 0 Å². The molecule has 0 radical (unpaired) electrons. The number of fused-ring (bicyclic) bond motifs is 5. The highest BCUT2D eigenvalue weighted by Gasteiger charge is 2.11. The van der Waals surface area contributed by atoms with Crippen LogP contribution in [0.5, 0.6) is 0 Å². The van der Waals surface area contributed by atoms with Crippen LogP contribution in [0.4, 0.5) is 0 Å².